The molecule has 0 bridgehead atoms. The van der Waals surface area contributed by atoms with Crippen LogP contribution in [0, 0.1) is 5.41 Å². The Morgan fingerprint density at radius 1 is 1.12 bits per heavy atom. The molecule has 0 spiro atoms. The van der Waals surface area contributed by atoms with Crippen molar-refractivity contribution in [1.82, 2.24) is 4.98 Å². The van der Waals surface area contributed by atoms with Gasteiger partial charge in [-0.3, -0.25) is 9.59 Å². The number of hydrogen-bond acceptors (Lipinski definition) is 7. The van der Waals surface area contributed by atoms with Crippen LogP contribution in [-0.4, -0.2) is 34.2 Å². The van der Waals surface area contributed by atoms with E-state index >= 15 is 0 Å². The first-order chi connectivity index (χ1) is 16.1. The molecule has 0 saturated heterocycles. The van der Waals surface area contributed by atoms with E-state index < -0.39 is 29.6 Å². The molecule has 7 nitrogen and oxygen atoms in total. The van der Waals surface area contributed by atoms with E-state index in [9.17, 15) is 14.7 Å². The predicted molar refractivity (Wildman–Crippen MR) is 126 cm³/mol. The van der Waals surface area contributed by atoms with Gasteiger partial charge in [0.05, 0.1) is 11.0 Å². The third-order valence-electron chi connectivity index (χ3n) is 6.80. The molecule has 34 heavy (non-hydrogen) atoms. The number of phenolic OH excluding ortho intramolecular Hbond substituents is 1. The van der Waals surface area contributed by atoms with E-state index in [1.165, 1.54) is 13.8 Å². The number of esters is 2. The number of aromatic nitrogens is 1. The standard InChI is InChI=1S/C27H27NO6/c1-13-22-20(11-19(31)17-10-16-8-6-7-9-18(16)28-24(17)22)34-21-12-27(4,5)26(33-15(3)30)25(23(13)21)32-14(2)29/h6-11,13,25-26,31H,12H2,1-5H3/t13?,25-,26-/m0/s1. The normalized spacial score (nSPS) is 23.1. The number of fused-ring (bicyclic) bond motifs is 4. The Kier molecular flexibility index (Phi) is 5.04. The average molecular weight is 462 g/mol. The number of ether oxygens (including phenoxy) is 3. The molecule has 0 radical (unpaired) electrons. The third kappa shape index (κ3) is 3.47. The number of rotatable bonds is 2. The second-order valence-electron chi connectivity index (χ2n) is 9.81. The number of hydrogen-bond donors (Lipinski definition) is 1. The number of para-hydroxylation sites is 1. The van der Waals surface area contributed by atoms with Crippen LogP contribution < -0.4 is 4.74 Å². The van der Waals surface area contributed by atoms with Crippen molar-refractivity contribution in [2.45, 2.75) is 59.2 Å². The van der Waals surface area contributed by atoms with Crippen LogP contribution in [0.1, 0.15) is 52.5 Å². The average Bonchev–Trinajstić information content (AvgIpc) is 2.74. The molecule has 2 aromatic carbocycles. The van der Waals surface area contributed by atoms with Gasteiger partial charge in [0.1, 0.15) is 23.4 Å². The van der Waals surface area contributed by atoms with Gasteiger partial charge in [0.25, 0.3) is 0 Å². The minimum absolute atomic E-state index is 0.0904. The highest BCUT2D eigenvalue weighted by atomic mass is 16.6. The van der Waals surface area contributed by atoms with Crippen LogP contribution in [0.4, 0.5) is 0 Å². The van der Waals surface area contributed by atoms with Gasteiger partial charge in [0.2, 0.25) is 0 Å². The molecule has 1 unspecified atom stereocenters. The fraction of sp³-hybridized carbons (Fsp3) is 0.370. The Morgan fingerprint density at radius 2 is 1.82 bits per heavy atom. The molecule has 7 heteroatoms. The SMILES string of the molecule is CC(=O)O[C@H]1C2=C(CC(C)(C)[C@H]1OC(C)=O)Oc1cc(O)c3cc4ccccc4nc3c1C2C. The lowest BCUT2D eigenvalue weighted by Gasteiger charge is -2.46. The maximum absolute atomic E-state index is 12.1. The molecule has 0 fully saturated rings. The summed E-state index contributed by atoms with van der Waals surface area (Å²) in [6.07, 6.45) is -0.990. The van der Waals surface area contributed by atoms with Gasteiger partial charge in [-0.1, -0.05) is 39.0 Å². The number of carbonyl (C=O) groups is 2. The third-order valence-corrected chi connectivity index (χ3v) is 6.80. The van der Waals surface area contributed by atoms with E-state index in [1.807, 2.05) is 51.1 Å². The monoisotopic (exact) mass is 461 g/mol. The fourth-order valence-electron chi connectivity index (χ4n) is 5.34. The number of nitrogens with zero attached hydrogens (tertiary/aromatic N) is 1. The summed E-state index contributed by atoms with van der Waals surface area (Å²) in [5.41, 5.74) is 2.44. The molecule has 5 rings (SSSR count). The number of benzene rings is 2. The summed E-state index contributed by atoms with van der Waals surface area (Å²) < 4.78 is 17.8. The van der Waals surface area contributed by atoms with Crippen molar-refractivity contribution in [1.29, 1.82) is 0 Å². The van der Waals surface area contributed by atoms with Gasteiger partial charge in [0, 0.05) is 59.6 Å². The summed E-state index contributed by atoms with van der Waals surface area (Å²) in [6, 6.07) is 11.3. The number of aromatic hydroxyl groups is 1. The Labute approximate surface area is 197 Å². The number of phenols is 1. The lowest BCUT2D eigenvalue weighted by Crippen LogP contribution is -2.51. The molecule has 3 aromatic rings. The molecule has 1 aliphatic carbocycles. The molecule has 0 saturated carbocycles. The van der Waals surface area contributed by atoms with Crippen LogP contribution in [0.25, 0.3) is 21.8 Å². The van der Waals surface area contributed by atoms with E-state index in [0.29, 0.717) is 28.8 Å². The summed E-state index contributed by atoms with van der Waals surface area (Å²) in [6.45, 7) is 8.61. The molecular weight excluding hydrogens is 434 g/mol. The highest BCUT2D eigenvalue weighted by Crippen LogP contribution is 2.53. The molecule has 1 N–H and O–H groups in total. The first-order valence-electron chi connectivity index (χ1n) is 11.4. The van der Waals surface area contributed by atoms with Gasteiger partial charge in [-0.05, 0) is 12.1 Å². The molecule has 2 aliphatic rings. The van der Waals surface area contributed by atoms with E-state index in [2.05, 4.69) is 0 Å². The van der Waals surface area contributed by atoms with Gasteiger partial charge in [-0.15, -0.1) is 0 Å². The minimum atomic E-state index is -0.799. The highest BCUT2D eigenvalue weighted by molar-refractivity contribution is 5.99. The predicted octanol–water partition coefficient (Wildman–Crippen LogP) is 5.14. The smallest absolute Gasteiger partial charge is 0.303 e. The van der Waals surface area contributed by atoms with Gasteiger partial charge in [0.15, 0.2) is 6.10 Å². The van der Waals surface area contributed by atoms with E-state index in [-0.39, 0.29) is 11.7 Å². The maximum atomic E-state index is 12.1. The van der Waals surface area contributed by atoms with E-state index in [4.69, 9.17) is 19.2 Å². The van der Waals surface area contributed by atoms with Crippen molar-refractivity contribution >= 4 is 33.7 Å². The summed E-state index contributed by atoms with van der Waals surface area (Å²) in [7, 11) is 0. The van der Waals surface area contributed by atoms with Crippen LogP contribution in [0.3, 0.4) is 0 Å². The fourth-order valence-corrected chi connectivity index (χ4v) is 5.34. The van der Waals surface area contributed by atoms with Crippen LogP contribution in [0.2, 0.25) is 0 Å². The summed E-state index contributed by atoms with van der Waals surface area (Å²) in [5, 5.41) is 12.4. The topological polar surface area (TPSA) is 95.0 Å². The number of pyridine rings is 1. The van der Waals surface area contributed by atoms with E-state index in [0.717, 1.165) is 22.0 Å². The van der Waals surface area contributed by atoms with E-state index in [1.54, 1.807) is 6.07 Å². The molecule has 176 valence electrons. The van der Waals surface area contributed by atoms with Crippen molar-refractivity contribution in [3.8, 4) is 11.5 Å². The number of allylic oxidation sites excluding steroid dienone is 1. The zero-order valence-corrected chi connectivity index (χ0v) is 19.8. The number of carbonyl (C=O) groups excluding carboxylic acids is 2. The van der Waals surface area contributed by atoms with Crippen LogP contribution in [0.15, 0.2) is 47.7 Å². The summed E-state index contributed by atoms with van der Waals surface area (Å²) >= 11 is 0. The molecule has 3 atom stereocenters. The van der Waals surface area contributed by atoms with Gasteiger partial charge < -0.3 is 19.3 Å². The van der Waals surface area contributed by atoms with Gasteiger partial charge in [-0.25, -0.2) is 4.98 Å². The highest BCUT2D eigenvalue weighted by Gasteiger charge is 2.51. The molecular formula is C27H27NO6. The van der Waals surface area contributed by atoms with Crippen LogP contribution >= 0.6 is 0 Å². The van der Waals surface area contributed by atoms with Crippen molar-refractivity contribution < 1.29 is 28.9 Å². The van der Waals surface area contributed by atoms with Crippen molar-refractivity contribution in [3.05, 3.63) is 53.3 Å². The Hall–Kier alpha value is -3.61. The Balaban J connectivity index is 1.73. The summed E-state index contributed by atoms with van der Waals surface area (Å²) in [4.78, 5) is 28.9. The molecule has 0 amide bonds. The molecule has 2 heterocycles. The van der Waals surface area contributed by atoms with Gasteiger partial charge >= 0.3 is 11.9 Å². The zero-order valence-electron chi connectivity index (χ0n) is 19.8. The lowest BCUT2D eigenvalue weighted by atomic mass is 9.68. The van der Waals surface area contributed by atoms with Crippen LogP contribution in [-0.2, 0) is 19.1 Å². The first-order valence-corrected chi connectivity index (χ1v) is 11.4. The van der Waals surface area contributed by atoms with Crippen molar-refractivity contribution in [2.75, 3.05) is 0 Å². The van der Waals surface area contributed by atoms with Crippen LogP contribution in [0.5, 0.6) is 11.5 Å². The van der Waals surface area contributed by atoms with Crippen molar-refractivity contribution in [2.24, 2.45) is 5.41 Å². The molecule has 1 aromatic heterocycles. The first kappa shape index (κ1) is 22.2. The molecule has 1 aliphatic heterocycles. The second-order valence-corrected chi connectivity index (χ2v) is 9.81. The summed E-state index contributed by atoms with van der Waals surface area (Å²) in [5.74, 6) is 0.125. The van der Waals surface area contributed by atoms with Gasteiger partial charge in [-0.2, -0.15) is 0 Å². The largest absolute Gasteiger partial charge is 0.507 e. The second kappa shape index (κ2) is 7.72. The lowest BCUT2D eigenvalue weighted by molar-refractivity contribution is -0.174. The zero-order chi connectivity index (χ0) is 24.4. The Bertz CT molecular complexity index is 1390. The Morgan fingerprint density at radius 3 is 2.53 bits per heavy atom. The van der Waals surface area contributed by atoms with Crippen molar-refractivity contribution in [3.63, 3.8) is 0 Å². The minimum Gasteiger partial charge on any atom is -0.507 e. The quantitative estimate of drug-likeness (QED) is 0.417. The maximum Gasteiger partial charge on any atom is 0.303 e.